The van der Waals surface area contributed by atoms with E-state index in [2.05, 4.69) is 10.6 Å². The minimum absolute atomic E-state index is 0.0432. The van der Waals surface area contributed by atoms with Gasteiger partial charge in [0.2, 0.25) is 5.91 Å². The number of rotatable bonds is 6. The predicted molar refractivity (Wildman–Crippen MR) is 113 cm³/mol. The van der Waals surface area contributed by atoms with E-state index in [4.69, 9.17) is 23.2 Å². The summed E-state index contributed by atoms with van der Waals surface area (Å²) in [7, 11) is 0. The maximum absolute atomic E-state index is 12.7. The van der Waals surface area contributed by atoms with Crippen molar-refractivity contribution in [3.8, 4) is 0 Å². The first-order valence-corrected chi connectivity index (χ1v) is 9.43. The number of benzene rings is 3. The fraction of sp³-hybridized carbons (Fsp3) is 0.136. The molecule has 0 saturated carbocycles. The maximum atomic E-state index is 12.7. The van der Waals surface area contributed by atoms with Crippen LogP contribution >= 0.6 is 23.2 Å². The van der Waals surface area contributed by atoms with Crippen LogP contribution in [0.3, 0.4) is 0 Å². The maximum Gasteiger partial charge on any atom is 0.227 e. The van der Waals surface area contributed by atoms with Crippen LogP contribution in [0.1, 0.15) is 24.0 Å². The van der Waals surface area contributed by atoms with Crippen molar-refractivity contribution in [1.82, 2.24) is 5.32 Å². The molecule has 3 aromatic carbocycles. The Labute approximate surface area is 169 Å². The Balaban J connectivity index is 1.77. The van der Waals surface area contributed by atoms with Crippen molar-refractivity contribution >= 4 is 40.5 Å². The number of nitrogens with one attached hydrogen (secondary N) is 2. The average Bonchev–Trinajstić information content (AvgIpc) is 2.69. The molecule has 3 rings (SSSR count). The first-order chi connectivity index (χ1) is 13.1. The van der Waals surface area contributed by atoms with Crippen LogP contribution in [0.2, 0.25) is 10.0 Å². The van der Waals surface area contributed by atoms with Gasteiger partial charge < -0.3 is 10.6 Å². The van der Waals surface area contributed by atoms with Gasteiger partial charge in [-0.2, -0.15) is 0 Å². The van der Waals surface area contributed by atoms with Gasteiger partial charge in [0.25, 0.3) is 0 Å². The second kappa shape index (κ2) is 8.94. The van der Waals surface area contributed by atoms with E-state index in [1.807, 2.05) is 61.5 Å². The van der Waals surface area contributed by atoms with Crippen molar-refractivity contribution in [2.24, 2.45) is 0 Å². The van der Waals surface area contributed by atoms with Crippen LogP contribution in [0.4, 0.5) is 11.4 Å². The highest BCUT2D eigenvalue weighted by Gasteiger charge is 2.19. The Morgan fingerprint density at radius 3 is 2.22 bits per heavy atom. The second-order valence-corrected chi connectivity index (χ2v) is 7.05. The van der Waals surface area contributed by atoms with Crippen molar-refractivity contribution in [1.29, 1.82) is 0 Å². The zero-order valence-electron chi connectivity index (χ0n) is 14.9. The SMILES string of the molecule is CC(C(=O)NCc1ccccc1)c1ccccc1Nc1c(Cl)cccc1Cl. The summed E-state index contributed by atoms with van der Waals surface area (Å²) >= 11 is 12.5. The van der Waals surface area contributed by atoms with E-state index in [-0.39, 0.29) is 11.8 Å². The monoisotopic (exact) mass is 398 g/mol. The Bertz CT molecular complexity index is 908. The van der Waals surface area contributed by atoms with Gasteiger partial charge in [-0.1, -0.05) is 77.8 Å². The topological polar surface area (TPSA) is 41.1 Å². The predicted octanol–water partition coefficient (Wildman–Crippen LogP) is 6.16. The molecule has 27 heavy (non-hydrogen) atoms. The van der Waals surface area contributed by atoms with Crippen molar-refractivity contribution < 1.29 is 4.79 Å². The number of para-hydroxylation sites is 2. The lowest BCUT2D eigenvalue weighted by molar-refractivity contribution is -0.122. The van der Waals surface area contributed by atoms with Crippen LogP contribution in [0.15, 0.2) is 72.8 Å². The molecule has 0 bridgehead atoms. The fourth-order valence-electron chi connectivity index (χ4n) is 2.82. The summed E-state index contributed by atoms with van der Waals surface area (Å²) in [6, 6.07) is 22.8. The third-order valence-corrected chi connectivity index (χ3v) is 4.98. The average molecular weight is 399 g/mol. The largest absolute Gasteiger partial charge is 0.353 e. The Kier molecular flexibility index (Phi) is 6.38. The molecule has 138 valence electrons. The highest BCUT2D eigenvalue weighted by Crippen LogP contribution is 2.35. The molecule has 0 aliphatic carbocycles. The van der Waals surface area contributed by atoms with Crippen LogP contribution in [-0.4, -0.2) is 5.91 Å². The summed E-state index contributed by atoms with van der Waals surface area (Å²) in [5, 5.41) is 7.32. The Morgan fingerprint density at radius 2 is 1.52 bits per heavy atom. The molecular weight excluding hydrogens is 379 g/mol. The quantitative estimate of drug-likeness (QED) is 0.522. The van der Waals surface area contributed by atoms with Gasteiger partial charge in [0.15, 0.2) is 0 Å². The highest BCUT2D eigenvalue weighted by atomic mass is 35.5. The van der Waals surface area contributed by atoms with Gasteiger partial charge in [0.1, 0.15) is 0 Å². The van der Waals surface area contributed by atoms with Crippen molar-refractivity contribution in [2.75, 3.05) is 5.32 Å². The van der Waals surface area contributed by atoms with Gasteiger partial charge in [-0.3, -0.25) is 4.79 Å². The van der Waals surface area contributed by atoms with E-state index < -0.39 is 0 Å². The normalized spacial score (nSPS) is 11.7. The van der Waals surface area contributed by atoms with E-state index in [1.165, 1.54) is 0 Å². The van der Waals surface area contributed by atoms with Gasteiger partial charge in [0, 0.05) is 12.2 Å². The molecule has 1 unspecified atom stereocenters. The number of amides is 1. The van der Waals surface area contributed by atoms with Gasteiger partial charge >= 0.3 is 0 Å². The summed E-state index contributed by atoms with van der Waals surface area (Å²) < 4.78 is 0. The smallest absolute Gasteiger partial charge is 0.227 e. The summed E-state index contributed by atoms with van der Waals surface area (Å²) in [5.41, 5.74) is 3.37. The van der Waals surface area contributed by atoms with Crippen LogP contribution in [0.5, 0.6) is 0 Å². The minimum atomic E-state index is -0.335. The van der Waals surface area contributed by atoms with Gasteiger partial charge in [-0.15, -0.1) is 0 Å². The molecule has 3 nitrogen and oxygen atoms in total. The molecule has 0 aromatic heterocycles. The van der Waals surface area contributed by atoms with Gasteiger partial charge in [0.05, 0.1) is 21.7 Å². The van der Waals surface area contributed by atoms with Gasteiger partial charge in [-0.05, 0) is 36.2 Å². The van der Waals surface area contributed by atoms with E-state index in [9.17, 15) is 4.79 Å². The lowest BCUT2D eigenvalue weighted by Gasteiger charge is -2.19. The standard InChI is InChI=1S/C22H20Cl2N2O/c1-15(22(27)25-14-16-8-3-2-4-9-16)17-10-5-6-13-20(17)26-21-18(23)11-7-12-19(21)24/h2-13,15,26H,14H2,1H3,(H,25,27). The zero-order chi connectivity index (χ0) is 19.2. The Morgan fingerprint density at radius 1 is 0.889 bits per heavy atom. The van der Waals surface area contributed by atoms with Crippen LogP contribution in [0.25, 0.3) is 0 Å². The molecule has 0 heterocycles. The van der Waals surface area contributed by atoms with E-state index in [0.717, 1.165) is 16.8 Å². The molecular formula is C22H20Cl2N2O. The highest BCUT2D eigenvalue weighted by molar-refractivity contribution is 6.39. The first-order valence-electron chi connectivity index (χ1n) is 8.68. The zero-order valence-corrected chi connectivity index (χ0v) is 16.4. The number of halogens is 2. The molecule has 0 aliphatic rings. The third-order valence-electron chi connectivity index (χ3n) is 4.35. The Hall–Kier alpha value is -2.49. The van der Waals surface area contributed by atoms with Crippen molar-refractivity contribution in [3.63, 3.8) is 0 Å². The van der Waals surface area contributed by atoms with E-state index >= 15 is 0 Å². The summed E-state index contributed by atoms with van der Waals surface area (Å²) in [6.45, 7) is 2.38. The lowest BCUT2D eigenvalue weighted by Crippen LogP contribution is -2.27. The number of carbonyl (C=O) groups is 1. The molecule has 1 atom stereocenters. The molecule has 2 N–H and O–H groups in total. The lowest BCUT2D eigenvalue weighted by atomic mass is 9.98. The molecule has 0 aliphatic heterocycles. The molecule has 0 spiro atoms. The van der Waals surface area contributed by atoms with Gasteiger partial charge in [-0.25, -0.2) is 0 Å². The van der Waals surface area contributed by atoms with Crippen LogP contribution in [-0.2, 0) is 11.3 Å². The summed E-state index contributed by atoms with van der Waals surface area (Å²) in [5.74, 6) is -0.378. The number of anilines is 2. The van der Waals surface area contributed by atoms with Crippen LogP contribution in [0, 0.1) is 0 Å². The third kappa shape index (κ3) is 4.82. The molecule has 0 radical (unpaired) electrons. The summed E-state index contributed by atoms with van der Waals surface area (Å²) in [6.07, 6.45) is 0. The number of hydrogen-bond acceptors (Lipinski definition) is 2. The fourth-order valence-corrected chi connectivity index (χ4v) is 3.31. The molecule has 0 fully saturated rings. The van der Waals surface area contributed by atoms with E-state index in [0.29, 0.717) is 22.3 Å². The second-order valence-electron chi connectivity index (χ2n) is 6.23. The van der Waals surface area contributed by atoms with Crippen LogP contribution < -0.4 is 10.6 Å². The number of hydrogen-bond donors (Lipinski definition) is 2. The molecule has 1 amide bonds. The number of carbonyl (C=O) groups excluding carboxylic acids is 1. The summed E-state index contributed by atoms with van der Waals surface area (Å²) in [4.78, 5) is 12.7. The van der Waals surface area contributed by atoms with Crippen molar-refractivity contribution in [2.45, 2.75) is 19.4 Å². The molecule has 3 aromatic rings. The first kappa shape index (κ1) is 19.3. The minimum Gasteiger partial charge on any atom is -0.353 e. The van der Waals surface area contributed by atoms with E-state index in [1.54, 1.807) is 18.2 Å². The molecule has 0 saturated heterocycles. The molecule has 5 heteroatoms. The van der Waals surface area contributed by atoms with Crippen molar-refractivity contribution in [3.05, 3.63) is 94.0 Å².